The normalized spacial score (nSPS) is 11.2. The van der Waals surface area contributed by atoms with Crippen LogP contribution in [-0.2, 0) is 22.2 Å². The molecule has 1 N–H and O–H groups in total. The topological polar surface area (TPSA) is 57.6 Å². The van der Waals surface area contributed by atoms with Gasteiger partial charge in [-0.2, -0.15) is 13.2 Å². The van der Waals surface area contributed by atoms with E-state index in [9.17, 15) is 22.8 Å². The maximum atomic E-state index is 12.6. The molecule has 0 bridgehead atoms. The van der Waals surface area contributed by atoms with Crippen molar-refractivity contribution >= 4 is 11.9 Å². The van der Waals surface area contributed by atoms with Crippen LogP contribution in [-0.4, -0.2) is 35.0 Å². The fourth-order valence-corrected chi connectivity index (χ4v) is 1.87. The molecule has 0 spiro atoms. The highest BCUT2D eigenvalue weighted by Gasteiger charge is 2.30. The number of carboxylic acids is 1. The molecule has 4 nitrogen and oxygen atoms in total. The van der Waals surface area contributed by atoms with Crippen LogP contribution in [0.4, 0.5) is 13.2 Å². The number of rotatable bonds is 6. The van der Waals surface area contributed by atoms with E-state index >= 15 is 0 Å². The molecule has 0 aliphatic rings. The molecule has 7 heteroatoms. The van der Waals surface area contributed by atoms with E-state index in [-0.39, 0.29) is 18.5 Å². The van der Waals surface area contributed by atoms with Crippen molar-refractivity contribution in [2.24, 2.45) is 0 Å². The number of hydrogen-bond acceptors (Lipinski definition) is 2. The second kappa shape index (κ2) is 7.10. The summed E-state index contributed by atoms with van der Waals surface area (Å²) in [7, 11) is 0. The lowest BCUT2D eigenvalue weighted by atomic mass is 10.1. The van der Waals surface area contributed by atoms with Crippen molar-refractivity contribution in [3.8, 4) is 0 Å². The molecule has 0 aliphatic heterocycles. The number of aliphatic carboxylic acids is 1. The average molecular weight is 303 g/mol. The van der Waals surface area contributed by atoms with Gasteiger partial charge in [0.1, 0.15) is 6.54 Å². The summed E-state index contributed by atoms with van der Waals surface area (Å²) in [4.78, 5) is 23.8. The third-order valence-corrected chi connectivity index (χ3v) is 2.78. The van der Waals surface area contributed by atoms with Gasteiger partial charge in [-0.25, -0.2) is 0 Å². The van der Waals surface area contributed by atoms with Gasteiger partial charge in [0.25, 0.3) is 0 Å². The highest BCUT2D eigenvalue weighted by atomic mass is 19.4. The zero-order chi connectivity index (χ0) is 16.0. The fourth-order valence-electron chi connectivity index (χ4n) is 1.87. The van der Waals surface area contributed by atoms with Gasteiger partial charge in [-0.05, 0) is 18.1 Å². The van der Waals surface area contributed by atoms with E-state index in [0.717, 1.165) is 17.0 Å². The Morgan fingerprint density at radius 2 is 1.95 bits per heavy atom. The van der Waals surface area contributed by atoms with Crippen LogP contribution in [0, 0.1) is 0 Å². The average Bonchev–Trinajstić information content (AvgIpc) is 2.37. The lowest BCUT2D eigenvalue weighted by molar-refractivity contribution is -0.144. The third kappa shape index (κ3) is 5.45. The van der Waals surface area contributed by atoms with Crippen LogP contribution >= 0.6 is 0 Å². The van der Waals surface area contributed by atoms with E-state index in [1.54, 1.807) is 6.92 Å². The Balaban J connectivity index is 2.83. The zero-order valence-electron chi connectivity index (χ0n) is 11.5. The van der Waals surface area contributed by atoms with E-state index in [0.29, 0.717) is 6.42 Å². The highest BCUT2D eigenvalue weighted by Crippen LogP contribution is 2.29. The molecule has 0 aliphatic carbocycles. The Hall–Kier alpha value is -2.05. The monoisotopic (exact) mass is 303 g/mol. The zero-order valence-corrected chi connectivity index (χ0v) is 11.5. The molecule has 116 valence electrons. The predicted octanol–water partition coefficient (Wildman–Crippen LogP) is 2.57. The molecular weight excluding hydrogens is 287 g/mol. The minimum atomic E-state index is -4.47. The van der Waals surface area contributed by atoms with Crippen molar-refractivity contribution < 1.29 is 27.9 Å². The summed E-state index contributed by atoms with van der Waals surface area (Å²) < 4.78 is 37.8. The molecule has 1 aromatic rings. The standard InChI is InChI=1S/C14H16F3NO3/c1-2-6-18(9-13(20)21)12(19)8-10-4-3-5-11(7-10)14(15,16)17/h3-5,7H,2,6,8-9H2,1H3,(H,20,21). The van der Waals surface area contributed by atoms with Gasteiger partial charge in [0.15, 0.2) is 0 Å². The van der Waals surface area contributed by atoms with Gasteiger partial charge in [0.2, 0.25) is 5.91 Å². The van der Waals surface area contributed by atoms with Crippen molar-refractivity contribution in [2.45, 2.75) is 25.9 Å². The number of carbonyl (C=O) groups is 2. The van der Waals surface area contributed by atoms with Gasteiger partial charge in [0.05, 0.1) is 12.0 Å². The van der Waals surface area contributed by atoms with Crippen LogP contribution < -0.4 is 0 Å². The van der Waals surface area contributed by atoms with Crippen LogP contribution in [0.25, 0.3) is 0 Å². The van der Waals surface area contributed by atoms with Crippen molar-refractivity contribution in [3.63, 3.8) is 0 Å². The summed E-state index contributed by atoms with van der Waals surface area (Å²) in [5.74, 6) is -1.65. The summed E-state index contributed by atoms with van der Waals surface area (Å²) in [6, 6.07) is 4.47. The summed E-state index contributed by atoms with van der Waals surface area (Å²) in [5.41, 5.74) is -0.616. The van der Waals surface area contributed by atoms with Gasteiger partial charge in [-0.15, -0.1) is 0 Å². The van der Waals surface area contributed by atoms with E-state index in [1.807, 2.05) is 0 Å². The van der Waals surface area contributed by atoms with Crippen LogP contribution in [0.15, 0.2) is 24.3 Å². The van der Waals surface area contributed by atoms with Gasteiger partial charge < -0.3 is 10.0 Å². The van der Waals surface area contributed by atoms with Crippen LogP contribution in [0.5, 0.6) is 0 Å². The number of benzene rings is 1. The summed E-state index contributed by atoms with van der Waals surface area (Å²) in [6.45, 7) is 1.59. The number of carbonyl (C=O) groups excluding carboxylic acids is 1. The molecule has 0 radical (unpaired) electrons. The van der Waals surface area contributed by atoms with Crippen LogP contribution in [0.3, 0.4) is 0 Å². The van der Waals surface area contributed by atoms with Crippen molar-refractivity contribution in [1.29, 1.82) is 0 Å². The molecule has 1 aromatic carbocycles. The number of carboxylic acid groups (broad SMARTS) is 1. The Morgan fingerprint density at radius 1 is 1.29 bits per heavy atom. The molecule has 0 atom stereocenters. The Kier molecular flexibility index (Phi) is 5.75. The first-order chi connectivity index (χ1) is 9.74. The number of nitrogens with zero attached hydrogens (tertiary/aromatic N) is 1. The summed E-state index contributed by atoms with van der Waals surface area (Å²) in [6.07, 6.45) is -4.15. The van der Waals surface area contributed by atoms with Crippen molar-refractivity contribution in [1.82, 2.24) is 4.90 Å². The van der Waals surface area contributed by atoms with Gasteiger partial charge in [-0.1, -0.05) is 25.1 Å². The number of alkyl halides is 3. The van der Waals surface area contributed by atoms with Gasteiger partial charge in [-0.3, -0.25) is 9.59 Å². The first-order valence-corrected chi connectivity index (χ1v) is 6.39. The van der Waals surface area contributed by atoms with Gasteiger partial charge in [0, 0.05) is 6.54 Å². The maximum Gasteiger partial charge on any atom is 0.416 e. The Labute approximate surface area is 120 Å². The van der Waals surface area contributed by atoms with Crippen molar-refractivity contribution in [3.05, 3.63) is 35.4 Å². The first-order valence-electron chi connectivity index (χ1n) is 6.39. The molecule has 0 unspecified atom stereocenters. The lowest BCUT2D eigenvalue weighted by Crippen LogP contribution is -2.37. The van der Waals surface area contributed by atoms with E-state index in [2.05, 4.69) is 0 Å². The maximum absolute atomic E-state index is 12.6. The molecule has 0 saturated heterocycles. The van der Waals surface area contributed by atoms with E-state index in [1.165, 1.54) is 12.1 Å². The molecular formula is C14H16F3NO3. The molecule has 0 fully saturated rings. The van der Waals surface area contributed by atoms with Crippen molar-refractivity contribution in [2.75, 3.05) is 13.1 Å². The number of amides is 1. The van der Waals surface area contributed by atoms with Gasteiger partial charge >= 0.3 is 12.1 Å². The smallest absolute Gasteiger partial charge is 0.416 e. The second-order valence-electron chi connectivity index (χ2n) is 4.58. The molecule has 0 aromatic heterocycles. The third-order valence-electron chi connectivity index (χ3n) is 2.78. The molecule has 21 heavy (non-hydrogen) atoms. The first kappa shape index (κ1) is 17.0. The molecule has 1 amide bonds. The molecule has 0 heterocycles. The Bertz CT molecular complexity index is 514. The minimum absolute atomic E-state index is 0.210. The summed E-state index contributed by atoms with van der Waals surface area (Å²) >= 11 is 0. The van der Waals surface area contributed by atoms with E-state index < -0.39 is 30.2 Å². The Morgan fingerprint density at radius 3 is 2.48 bits per heavy atom. The quantitative estimate of drug-likeness (QED) is 0.878. The summed E-state index contributed by atoms with van der Waals surface area (Å²) in [5, 5.41) is 8.73. The number of halogens is 3. The SMILES string of the molecule is CCCN(CC(=O)O)C(=O)Cc1cccc(C(F)(F)F)c1. The predicted molar refractivity (Wildman–Crippen MR) is 69.7 cm³/mol. The van der Waals surface area contributed by atoms with E-state index in [4.69, 9.17) is 5.11 Å². The minimum Gasteiger partial charge on any atom is -0.480 e. The fraction of sp³-hybridized carbons (Fsp3) is 0.429. The molecule has 1 rings (SSSR count). The number of hydrogen-bond donors (Lipinski definition) is 1. The highest BCUT2D eigenvalue weighted by molar-refractivity contribution is 5.83. The molecule has 0 saturated carbocycles. The van der Waals surface area contributed by atoms with Crippen LogP contribution in [0.2, 0.25) is 0 Å². The van der Waals surface area contributed by atoms with Crippen LogP contribution in [0.1, 0.15) is 24.5 Å². The lowest BCUT2D eigenvalue weighted by Gasteiger charge is -2.20. The largest absolute Gasteiger partial charge is 0.480 e. The second-order valence-corrected chi connectivity index (χ2v) is 4.58.